The molecule has 2 nitrogen and oxygen atoms in total. The highest BCUT2D eigenvalue weighted by molar-refractivity contribution is 5.50. The van der Waals surface area contributed by atoms with Crippen LogP contribution in [0.3, 0.4) is 0 Å². The van der Waals surface area contributed by atoms with E-state index in [0.29, 0.717) is 0 Å². The number of halogens is 4. The largest absolute Gasteiger partial charge is 0.505 e. The van der Waals surface area contributed by atoms with Crippen molar-refractivity contribution < 1.29 is 22.7 Å². The molecule has 112 valence electrons. The minimum absolute atomic E-state index is 0.0178. The Bertz CT molecular complexity index is 653. The quantitative estimate of drug-likeness (QED) is 0.820. The van der Waals surface area contributed by atoms with E-state index in [4.69, 9.17) is 0 Å². The van der Waals surface area contributed by atoms with Crippen LogP contribution < -0.4 is 5.32 Å². The third-order valence-electron chi connectivity index (χ3n) is 3.10. The van der Waals surface area contributed by atoms with Crippen molar-refractivity contribution in [2.45, 2.75) is 19.6 Å². The molecular weight excluding hydrogens is 286 g/mol. The molecule has 0 radical (unpaired) electrons. The average Bonchev–Trinajstić information content (AvgIpc) is 2.40. The Morgan fingerprint density at radius 3 is 2.52 bits per heavy atom. The van der Waals surface area contributed by atoms with Crippen LogP contribution in [0.4, 0.5) is 23.2 Å². The minimum atomic E-state index is -4.43. The van der Waals surface area contributed by atoms with Crippen LogP contribution in [-0.4, -0.2) is 5.11 Å². The summed E-state index contributed by atoms with van der Waals surface area (Å²) in [5, 5.41) is 12.3. The lowest BCUT2D eigenvalue weighted by atomic mass is 10.1. The van der Waals surface area contributed by atoms with Gasteiger partial charge < -0.3 is 10.4 Å². The number of phenols is 1. The fourth-order valence-corrected chi connectivity index (χ4v) is 1.94. The van der Waals surface area contributed by atoms with E-state index in [0.717, 1.165) is 12.1 Å². The Kier molecular flexibility index (Phi) is 4.06. The number of alkyl halides is 3. The molecule has 0 fully saturated rings. The first kappa shape index (κ1) is 15.2. The van der Waals surface area contributed by atoms with E-state index in [1.54, 1.807) is 0 Å². The van der Waals surface area contributed by atoms with Crippen molar-refractivity contribution in [2.75, 3.05) is 5.32 Å². The third kappa shape index (κ3) is 3.45. The Hall–Kier alpha value is -2.24. The van der Waals surface area contributed by atoms with Gasteiger partial charge >= 0.3 is 6.18 Å². The van der Waals surface area contributed by atoms with Crippen LogP contribution >= 0.6 is 0 Å². The highest BCUT2D eigenvalue weighted by Gasteiger charge is 2.32. The molecule has 0 aliphatic rings. The van der Waals surface area contributed by atoms with Crippen molar-refractivity contribution in [1.29, 1.82) is 0 Å². The molecule has 0 aliphatic heterocycles. The number of aromatic hydroxyl groups is 1. The average molecular weight is 299 g/mol. The molecule has 0 atom stereocenters. The zero-order chi connectivity index (χ0) is 15.6. The van der Waals surface area contributed by atoms with Gasteiger partial charge in [-0.25, -0.2) is 4.39 Å². The number of hydrogen-bond donors (Lipinski definition) is 2. The van der Waals surface area contributed by atoms with Crippen LogP contribution in [0.1, 0.15) is 16.7 Å². The second-order valence-electron chi connectivity index (χ2n) is 4.63. The highest BCUT2D eigenvalue weighted by atomic mass is 19.4. The maximum absolute atomic E-state index is 13.2. The van der Waals surface area contributed by atoms with Crippen LogP contribution in [0.15, 0.2) is 36.4 Å². The van der Waals surface area contributed by atoms with E-state index in [2.05, 4.69) is 5.32 Å². The molecule has 0 bridgehead atoms. The van der Waals surface area contributed by atoms with Crippen LogP contribution in [0.5, 0.6) is 5.75 Å². The molecule has 2 N–H and O–H groups in total. The summed E-state index contributed by atoms with van der Waals surface area (Å²) in [4.78, 5) is 0. The Labute approximate surface area is 119 Å². The highest BCUT2D eigenvalue weighted by Crippen LogP contribution is 2.33. The van der Waals surface area contributed by atoms with E-state index in [-0.39, 0.29) is 23.4 Å². The van der Waals surface area contributed by atoms with Gasteiger partial charge in [0.2, 0.25) is 0 Å². The van der Waals surface area contributed by atoms with Gasteiger partial charge in [0.15, 0.2) is 11.6 Å². The van der Waals surface area contributed by atoms with Crippen molar-refractivity contribution in [1.82, 2.24) is 0 Å². The number of phenolic OH excluding ortho intramolecular Hbond substituents is 1. The van der Waals surface area contributed by atoms with Crippen molar-refractivity contribution in [2.24, 2.45) is 0 Å². The molecule has 0 amide bonds. The molecule has 0 heterocycles. The van der Waals surface area contributed by atoms with Crippen LogP contribution in [0.2, 0.25) is 0 Å². The van der Waals surface area contributed by atoms with Crippen LogP contribution in [0.25, 0.3) is 0 Å². The van der Waals surface area contributed by atoms with Gasteiger partial charge in [0, 0.05) is 17.8 Å². The monoisotopic (exact) mass is 299 g/mol. The van der Waals surface area contributed by atoms with Gasteiger partial charge in [-0.2, -0.15) is 13.2 Å². The van der Waals surface area contributed by atoms with Gasteiger partial charge in [-0.3, -0.25) is 0 Å². The first-order chi connectivity index (χ1) is 9.79. The molecule has 0 unspecified atom stereocenters. The maximum Gasteiger partial charge on any atom is 0.416 e. The second kappa shape index (κ2) is 5.63. The first-order valence-corrected chi connectivity index (χ1v) is 6.17. The summed E-state index contributed by atoms with van der Waals surface area (Å²) in [6, 6.07) is 7.86. The SMILES string of the molecule is Cc1ccc(NCc2cccc(F)c2O)cc1C(F)(F)F. The van der Waals surface area contributed by atoms with E-state index >= 15 is 0 Å². The van der Waals surface area contributed by atoms with Gasteiger partial charge in [-0.15, -0.1) is 0 Å². The normalized spacial score (nSPS) is 11.5. The predicted molar refractivity (Wildman–Crippen MR) is 71.6 cm³/mol. The lowest BCUT2D eigenvalue weighted by molar-refractivity contribution is -0.138. The molecule has 0 spiro atoms. The van der Waals surface area contributed by atoms with E-state index in [1.807, 2.05) is 0 Å². The van der Waals surface area contributed by atoms with E-state index in [9.17, 15) is 22.7 Å². The molecule has 2 aromatic rings. The third-order valence-corrected chi connectivity index (χ3v) is 3.10. The van der Waals surface area contributed by atoms with Gasteiger partial charge in [0.1, 0.15) is 0 Å². The number of aryl methyl sites for hydroxylation is 1. The maximum atomic E-state index is 13.2. The van der Waals surface area contributed by atoms with E-state index in [1.165, 1.54) is 31.2 Å². The van der Waals surface area contributed by atoms with Crippen molar-refractivity contribution in [3.05, 3.63) is 58.9 Å². The van der Waals surface area contributed by atoms with Crippen LogP contribution in [-0.2, 0) is 12.7 Å². The zero-order valence-corrected chi connectivity index (χ0v) is 11.1. The van der Waals surface area contributed by atoms with Gasteiger partial charge in [0.05, 0.1) is 5.56 Å². The van der Waals surface area contributed by atoms with E-state index < -0.39 is 23.3 Å². The first-order valence-electron chi connectivity index (χ1n) is 6.17. The summed E-state index contributed by atoms with van der Waals surface area (Å²) in [6.07, 6.45) is -4.43. The summed E-state index contributed by atoms with van der Waals surface area (Å²) in [6.45, 7) is 1.40. The smallest absolute Gasteiger partial charge is 0.416 e. The molecule has 6 heteroatoms. The van der Waals surface area contributed by atoms with Crippen LogP contribution in [0, 0.1) is 12.7 Å². The molecule has 2 aromatic carbocycles. The van der Waals surface area contributed by atoms with Crippen molar-refractivity contribution in [3.8, 4) is 5.75 Å². The number of benzene rings is 2. The number of rotatable bonds is 3. The fraction of sp³-hybridized carbons (Fsp3) is 0.200. The fourth-order valence-electron chi connectivity index (χ4n) is 1.94. The Balaban J connectivity index is 2.19. The zero-order valence-electron chi connectivity index (χ0n) is 11.1. The Morgan fingerprint density at radius 1 is 1.14 bits per heavy atom. The number of nitrogens with one attached hydrogen (secondary N) is 1. The number of para-hydroxylation sites is 1. The van der Waals surface area contributed by atoms with Gasteiger partial charge in [-0.05, 0) is 30.7 Å². The van der Waals surface area contributed by atoms with Crippen molar-refractivity contribution in [3.63, 3.8) is 0 Å². The van der Waals surface area contributed by atoms with Crippen molar-refractivity contribution >= 4 is 5.69 Å². The summed E-state index contributed by atoms with van der Waals surface area (Å²) in [5.41, 5.74) is -0.0849. The molecule has 0 saturated heterocycles. The molecule has 21 heavy (non-hydrogen) atoms. The standard InChI is InChI=1S/C15H13F4NO/c1-9-5-6-11(7-12(9)15(17,18)19)20-8-10-3-2-4-13(16)14(10)21/h2-7,20-21H,8H2,1H3. The van der Waals surface area contributed by atoms with Gasteiger partial charge in [0.25, 0.3) is 0 Å². The predicted octanol–water partition coefficient (Wildman–Crippen LogP) is 4.47. The summed E-state index contributed by atoms with van der Waals surface area (Å²) in [7, 11) is 0. The molecule has 2 rings (SSSR count). The molecule has 0 saturated carbocycles. The lowest BCUT2D eigenvalue weighted by Gasteiger charge is -2.14. The second-order valence-corrected chi connectivity index (χ2v) is 4.63. The molecule has 0 aliphatic carbocycles. The number of hydrogen-bond acceptors (Lipinski definition) is 2. The molecule has 0 aromatic heterocycles. The molecular formula is C15H13F4NO. The summed E-state index contributed by atoms with van der Waals surface area (Å²) >= 11 is 0. The lowest BCUT2D eigenvalue weighted by Crippen LogP contribution is -2.09. The number of anilines is 1. The summed E-state index contributed by atoms with van der Waals surface area (Å²) in [5.74, 6) is -1.28. The topological polar surface area (TPSA) is 32.3 Å². The van der Waals surface area contributed by atoms with Gasteiger partial charge in [-0.1, -0.05) is 18.2 Å². The minimum Gasteiger partial charge on any atom is -0.505 e. The summed E-state index contributed by atoms with van der Waals surface area (Å²) < 4.78 is 51.5. The Morgan fingerprint density at radius 2 is 1.86 bits per heavy atom.